The van der Waals surface area contributed by atoms with E-state index in [-0.39, 0.29) is 5.23 Å². The van der Waals surface area contributed by atoms with E-state index in [1.165, 1.54) is 11.1 Å². The monoisotopic (exact) mass is 137 g/mol. The van der Waals surface area contributed by atoms with Crippen LogP contribution in [0, 0.1) is 0 Å². The van der Waals surface area contributed by atoms with Crippen LogP contribution in [0.2, 0.25) is 0 Å². The molecule has 52 valence electrons. The van der Waals surface area contributed by atoms with Crippen LogP contribution in [0.3, 0.4) is 0 Å². The van der Waals surface area contributed by atoms with E-state index in [4.69, 9.17) is 10.4 Å². The zero-order valence-electron chi connectivity index (χ0n) is 5.28. The molecule has 0 unspecified atom stereocenters. The second kappa shape index (κ2) is 1.71. The van der Waals surface area contributed by atoms with E-state index in [0.29, 0.717) is 5.69 Å². The third kappa shape index (κ3) is 0.761. The van der Waals surface area contributed by atoms with Gasteiger partial charge in [0.2, 0.25) is 0 Å². The van der Waals surface area contributed by atoms with Crippen molar-refractivity contribution in [2.75, 3.05) is 5.23 Å². The fourth-order valence-corrected chi connectivity index (χ4v) is 1.01. The maximum atomic E-state index is 8.56. The molecule has 0 saturated heterocycles. The van der Waals surface area contributed by atoms with Crippen molar-refractivity contribution in [1.29, 1.82) is 0 Å². The molecule has 0 heterocycles. The molecule has 2 rings (SSSR count). The second-order valence-electron chi connectivity index (χ2n) is 2.42. The Morgan fingerprint density at radius 1 is 1.20 bits per heavy atom. The third-order valence-electron chi connectivity index (χ3n) is 1.68. The summed E-state index contributed by atoms with van der Waals surface area (Å²) < 4.78 is 0. The Hall–Kier alpha value is -1.06. The highest BCUT2D eigenvalue weighted by Crippen LogP contribution is 2.30. The highest BCUT2D eigenvalue weighted by molar-refractivity contribution is 5.55. The summed E-state index contributed by atoms with van der Waals surface area (Å²) in [4.78, 5) is 0. The minimum atomic E-state index is 0.137. The zero-order valence-corrected chi connectivity index (χ0v) is 5.28. The van der Waals surface area contributed by atoms with Gasteiger partial charge in [-0.3, -0.25) is 10.4 Å². The molecule has 0 amide bonds. The fourth-order valence-electron chi connectivity index (χ4n) is 1.01. The predicted molar refractivity (Wildman–Crippen MR) is 35.3 cm³/mol. The molecule has 0 aliphatic heterocycles. The topological polar surface area (TPSA) is 43.7 Å². The van der Waals surface area contributed by atoms with Crippen molar-refractivity contribution in [1.82, 2.24) is 0 Å². The van der Waals surface area contributed by atoms with E-state index in [2.05, 4.69) is 0 Å². The molecule has 0 atom stereocenters. The molecular formula is C7H7NO2. The summed E-state index contributed by atoms with van der Waals surface area (Å²) in [5, 5.41) is 17.3. The van der Waals surface area contributed by atoms with Crippen molar-refractivity contribution >= 4 is 5.69 Å². The average molecular weight is 137 g/mol. The minimum absolute atomic E-state index is 0.137. The van der Waals surface area contributed by atoms with Gasteiger partial charge in [-0.05, 0) is 29.7 Å². The molecule has 0 saturated carbocycles. The smallest absolute Gasteiger partial charge is 0.0945 e. The van der Waals surface area contributed by atoms with Gasteiger partial charge in [-0.2, -0.15) is 0 Å². The lowest BCUT2D eigenvalue weighted by Gasteiger charge is -2.05. The molecule has 1 aliphatic carbocycles. The number of hydrogen-bond acceptors (Lipinski definition) is 3. The first-order chi connectivity index (χ1) is 4.77. The first-order valence-corrected chi connectivity index (χ1v) is 3.07. The van der Waals surface area contributed by atoms with Crippen molar-refractivity contribution in [3.63, 3.8) is 0 Å². The van der Waals surface area contributed by atoms with Crippen LogP contribution in [0.1, 0.15) is 11.1 Å². The summed E-state index contributed by atoms with van der Waals surface area (Å²) in [6, 6.07) is 5.32. The standard InChI is InChI=1S/C7H7NO2/c9-8(10)7-2-1-5-3-6(5)4-7/h1-2,4,9-10H,3H2. The van der Waals surface area contributed by atoms with Crippen molar-refractivity contribution in [2.45, 2.75) is 6.42 Å². The quantitative estimate of drug-likeness (QED) is 0.580. The number of anilines is 1. The molecule has 1 aromatic rings. The Kier molecular flexibility index (Phi) is 0.977. The Balaban J connectivity index is 2.39. The predicted octanol–water partition coefficient (Wildman–Crippen LogP) is 1.18. The van der Waals surface area contributed by atoms with Gasteiger partial charge in [0.15, 0.2) is 0 Å². The van der Waals surface area contributed by atoms with Gasteiger partial charge in [-0.1, -0.05) is 6.07 Å². The highest BCUT2D eigenvalue weighted by atomic mass is 16.8. The van der Waals surface area contributed by atoms with Gasteiger partial charge < -0.3 is 0 Å². The normalized spacial score (nSPS) is 12.6. The molecule has 1 aliphatic rings. The number of nitrogens with zero attached hydrogens (tertiary/aromatic N) is 1. The van der Waals surface area contributed by atoms with Crippen LogP contribution >= 0.6 is 0 Å². The summed E-state index contributed by atoms with van der Waals surface area (Å²) in [6.45, 7) is 0. The maximum Gasteiger partial charge on any atom is 0.0945 e. The molecular weight excluding hydrogens is 130 g/mol. The summed E-state index contributed by atoms with van der Waals surface area (Å²) in [5.41, 5.74) is 2.92. The Bertz CT molecular complexity index is 270. The Morgan fingerprint density at radius 3 is 2.60 bits per heavy atom. The number of hydrogen-bond donors (Lipinski definition) is 2. The molecule has 1 aromatic carbocycles. The third-order valence-corrected chi connectivity index (χ3v) is 1.68. The van der Waals surface area contributed by atoms with Gasteiger partial charge in [-0.25, -0.2) is 0 Å². The second-order valence-corrected chi connectivity index (χ2v) is 2.42. The number of fused-ring (bicyclic) bond motifs is 1. The van der Waals surface area contributed by atoms with Crippen molar-refractivity contribution in [3.05, 3.63) is 29.3 Å². The van der Waals surface area contributed by atoms with Crippen LogP contribution in [0.5, 0.6) is 0 Å². The lowest BCUT2D eigenvalue weighted by atomic mass is 10.3. The van der Waals surface area contributed by atoms with Gasteiger partial charge in [0, 0.05) is 0 Å². The van der Waals surface area contributed by atoms with Gasteiger partial charge in [0.25, 0.3) is 0 Å². The molecule has 0 fully saturated rings. The van der Waals surface area contributed by atoms with E-state index in [9.17, 15) is 0 Å². The van der Waals surface area contributed by atoms with Gasteiger partial charge in [0.05, 0.1) is 5.69 Å². The van der Waals surface area contributed by atoms with Gasteiger partial charge in [0.1, 0.15) is 0 Å². The largest absolute Gasteiger partial charge is 0.264 e. The van der Waals surface area contributed by atoms with Crippen LogP contribution in [0.15, 0.2) is 18.2 Å². The lowest BCUT2D eigenvalue weighted by molar-refractivity contribution is 0.0292. The fraction of sp³-hybridized carbons (Fsp3) is 0.143. The van der Waals surface area contributed by atoms with E-state index in [1.807, 2.05) is 6.07 Å². The molecule has 0 spiro atoms. The van der Waals surface area contributed by atoms with Crippen LogP contribution in [-0.4, -0.2) is 10.4 Å². The van der Waals surface area contributed by atoms with E-state index in [0.717, 1.165) is 6.42 Å². The average Bonchev–Trinajstić information content (AvgIpc) is 2.63. The van der Waals surface area contributed by atoms with Gasteiger partial charge >= 0.3 is 0 Å². The summed E-state index contributed by atoms with van der Waals surface area (Å²) in [7, 11) is 0. The summed E-state index contributed by atoms with van der Waals surface area (Å²) >= 11 is 0. The Labute approximate surface area is 58.0 Å². The minimum Gasteiger partial charge on any atom is -0.264 e. The van der Waals surface area contributed by atoms with Crippen molar-refractivity contribution in [3.8, 4) is 0 Å². The van der Waals surface area contributed by atoms with Crippen LogP contribution in [0.25, 0.3) is 0 Å². The lowest BCUT2D eigenvalue weighted by Crippen LogP contribution is -2.10. The first kappa shape index (κ1) is 5.70. The van der Waals surface area contributed by atoms with Crippen LogP contribution in [-0.2, 0) is 6.42 Å². The maximum absolute atomic E-state index is 8.56. The molecule has 10 heavy (non-hydrogen) atoms. The van der Waals surface area contributed by atoms with Gasteiger partial charge in [-0.15, -0.1) is 5.23 Å². The number of rotatable bonds is 1. The van der Waals surface area contributed by atoms with E-state index in [1.54, 1.807) is 12.1 Å². The van der Waals surface area contributed by atoms with E-state index < -0.39 is 0 Å². The molecule has 0 aromatic heterocycles. The molecule has 0 bridgehead atoms. The molecule has 3 nitrogen and oxygen atoms in total. The SMILES string of the molecule is ON(O)c1ccc2c(c1)C2. The highest BCUT2D eigenvalue weighted by Gasteiger charge is 2.16. The zero-order chi connectivity index (χ0) is 7.14. The van der Waals surface area contributed by atoms with E-state index >= 15 is 0 Å². The van der Waals surface area contributed by atoms with Crippen molar-refractivity contribution < 1.29 is 10.4 Å². The van der Waals surface area contributed by atoms with Crippen LogP contribution in [0.4, 0.5) is 5.69 Å². The molecule has 3 heteroatoms. The summed E-state index contributed by atoms with van der Waals surface area (Å²) in [6.07, 6.45) is 0.994. The first-order valence-electron chi connectivity index (χ1n) is 3.07. The molecule has 2 N–H and O–H groups in total. The number of benzene rings is 1. The summed E-state index contributed by atoms with van der Waals surface area (Å²) in [5.74, 6) is 0. The van der Waals surface area contributed by atoms with Crippen molar-refractivity contribution in [2.24, 2.45) is 0 Å². The molecule has 0 radical (unpaired) electrons. The van der Waals surface area contributed by atoms with Crippen LogP contribution < -0.4 is 5.23 Å². The Morgan fingerprint density at radius 2 is 2.00 bits per heavy atom.